The highest BCUT2D eigenvalue weighted by Gasteiger charge is 2.13. The van der Waals surface area contributed by atoms with Crippen LogP contribution in [0.15, 0.2) is 18.2 Å². The molecule has 94 valence electrons. The third kappa shape index (κ3) is 4.47. The fourth-order valence-corrected chi connectivity index (χ4v) is 1.79. The number of aryl methyl sites for hydroxylation is 1. The first kappa shape index (κ1) is 13.6. The molecule has 0 fully saturated rings. The minimum Gasteiger partial charge on any atom is -0.508 e. The molecule has 0 aromatic heterocycles. The number of aromatic hydroxyl groups is 1. The van der Waals surface area contributed by atoms with Crippen molar-refractivity contribution in [2.75, 3.05) is 0 Å². The summed E-state index contributed by atoms with van der Waals surface area (Å²) in [5, 5.41) is 18.3. The maximum absolute atomic E-state index is 11.0. The van der Waals surface area contributed by atoms with Crippen molar-refractivity contribution in [2.24, 2.45) is 5.41 Å². The summed E-state index contributed by atoms with van der Waals surface area (Å²) in [5.74, 6) is -0.978. The van der Waals surface area contributed by atoms with E-state index in [2.05, 4.69) is 20.8 Å². The van der Waals surface area contributed by atoms with Gasteiger partial charge >= 0.3 is 5.97 Å². The number of hydrogen-bond donors (Lipinski definition) is 2. The normalized spacial score (nSPS) is 11.5. The van der Waals surface area contributed by atoms with E-state index in [4.69, 9.17) is 5.11 Å². The molecule has 3 heteroatoms. The first-order valence-corrected chi connectivity index (χ1v) is 5.85. The van der Waals surface area contributed by atoms with Gasteiger partial charge in [0, 0.05) is 0 Å². The van der Waals surface area contributed by atoms with E-state index in [-0.39, 0.29) is 16.7 Å². The molecule has 3 nitrogen and oxygen atoms in total. The van der Waals surface area contributed by atoms with Crippen molar-refractivity contribution in [1.29, 1.82) is 0 Å². The van der Waals surface area contributed by atoms with Crippen LogP contribution in [0.5, 0.6) is 5.75 Å². The van der Waals surface area contributed by atoms with Crippen LogP contribution in [0.3, 0.4) is 0 Å². The van der Waals surface area contributed by atoms with Gasteiger partial charge in [-0.3, -0.25) is 0 Å². The second kappa shape index (κ2) is 5.21. The van der Waals surface area contributed by atoms with Crippen molar-refractivity contribution >= 4 is 5.97 Å². The number of phenols is 1. The second-order valence-corrected chi connectivity index (χ2v) is 5.56. The lowest BCUT2D eigenvalue weighted by Gasteiger charge is -2.17. The average Bonchev–Trinajstić information content (AvgIpc) is 2.18. The van der Waals surface area contributed by atoms with Gasteiger partial charge in [0.2, 0.25) is 0 Å². The molecule has 2 N–H and O–H groups in total. The third-order valence-corrected chi connectivity index (χ3v) is 2.70. The van der Waals surface area contributed by atoms with Gasteiger partial charge in [-0.1, -0.05) is 26.8 Å². The SMILES string of the molecule is CC(C)(C)CCCc1ccc(O)cc1C(=O)O. The van der Waals surface area contributed by atoms with Gasteiger partial charge in [-0.15, -0.1) is 0 Å². The molecule has 0 amide bonds. The number of phenolic OH excluding ortho intramolecular Hbond substituents is 1. The Kier molecular flexibility index (Phi) is 4.16. The zero-order valence-electron chi connectivity index (χ0n) is 10.7. The molecule has 0 saturated carbocycles. The summed E-state index contributed by atoms with van der Waals surface area (Å²) in [6.45, 7) is 6.51. The van der Waals surface area contributed by atoms with Crippen molar-refractivity contribution in [1.82, 2.24) is 0 Å². The highest BCUT2D eigenvalue weighted by Crippen LogP contribution is 2.24. The van der Waals surface area contributed by atoms with Gasteiger partial charge in [-0.05, 0) is 42.4 Å². The fraction of sp³-hybridized carbons (Fsp3) is 0.500. The summed E-state index contributed by atoms with van der Waals surface area (Å²) < 4.78 is 0. The van der Waals surface area contributed by atoms with Crippen LogP contribution in [0.4, 0.5) is 0 Å². The van der Waals surface area contributed by atoms with Crippen LogP contribution < -0.4 is 0 Å². The van der Waals surface area contributed by atoms with Crippen molar-refractivity contribution in [3.8, 4) is 5.75 Å². The van der Waals surface area contributed by atoms with Crippen molar-refractivity contribution in [3.05, 3.63) is 29.3 Å². The average molecular weight is 236 g/mol. The van der Waals surface area contributed by atoms with Crippen molar-refractivity contribution in [2.45, 2.75) is 40.0 Å². The van der Waals surface area contributed by atoms with E-state index in [1.165, 1.54) is 6.07 Å². The predicted molar refractivity (Wildman–Crippen MR) is 67.5 cm³/mol. The van der Waals surface area contributed by atoms with Gasteiger partial charge in [0.1, 0.15) is 5.75 Å². The molecule has 0 radical (unpaired) electrons. The molecule has 0 atom stereocenters. The lowest BCUT2D eigenvalue weighted by atomic mass is 9.88. The van der Waals surface area contributed by atoms with E-state index in [0.29, 0.717) is 0 Å². The number of carboxylic acids is 1. The quantitative estimate of drug-likeness (QED) is 0.841. The van der Waals surface area contributed by atoms with Crippen LogP contribution >= 0.6 is 0 Å². The molecule has 1 aromatic rings. The van der Waals surface area contributed by atoms with Crippen molar-refractivity contribution in [3.63, 3.8) is 0 Å². The Balaban J connectivity index is 2.74. The van der Waals surface area contributed by atoms with Gasteiger partial charge in [0.15, 0.2) is 0 Å². The molecule has 0 spiro atoms. The predicted octanol–water partition coefficient (Wildman–Crippen LogP) is 3.46. The summed E-state index contributed by atoms with van der Waals surface area (Å²) in [6.07, 6.45) is 2.74. The third-order valence-electron chi connectivity index (χ3n) is 2.70. The van der Waals surface area contributed by atoms with E-state index in [1.54, 1.807) is 12.1 Å². The summed E-state index contributed by atoms with van der Waals surface area (Å²) in [7, 11) is 0. The molecular weight excluding hydrogens is 216 g/mol. The van der Waals surface area contributed by atoms with Crippen LogP contribution in [0.1, 0.15) is 49.5 Å². The molecule has 17 heavy (non-hydrogen) atoms. The highest BCUT2D eigenvalue weighted by molar-refractivity contribution is 5.89. The van der Waals surface area contributed by atoms with Crippen LogP contribution in [0.2, 0.25) is 0 Å². The van der Waals surface area contributed by atoms with E-state index in [9.17, 15) is 9.90 Å². The van der Waals surface area contributed by atoms with E-state index < -0.39 is 5.97 Å². The fourth-order valence-electron chi connectivity index (χ4n) is 1.79. The van der Waals surface area contributed by atoms with Crippen molar-refractivity contribution < 1.29 is 15.0 Å². The summed E-state index contributed by atoms with van der Waals surface area (Å²) >= 11 is 0. The highest BCUT2D eigenvalue weighted by atomic mass is 16.4. The number of carboxylic acid groups (broad SMARTS) is 1. The Morgan fingerprint density at radius 1 is 1.29 bits per heavy atom. The summed E-state index contributed by atoms with van der Waals surface area (Å²) in [5.41, 5.74) is 1.26. The Morgan fingerprint density at radius 3 is 2.47 bits per heavy atom. The molecule has 0 saturated heterocycles. The van der Waals surface area contributed by atoms with E-state index in [1.807, 2.05) is 0 Å². The molecule has 0 aliphatic heterocycles. The van der Waals surface area contributed by atoms with Gasteiger partial charge in [0.05, 0.1) is 5.56 Å². The van der Waals surface area contributed by atoms with Crippen LogP contribution in [0.25, 0.3) is 0 Å². The summed E-state index contributed by atoms with van der Waals surface area (Å²) in [4.78, 5) is 11.0. The molecule has 0 aliphatic rings. The molecule has 0 bridgehead atoms. The van der Waals surface area contributed by atoms with Gasteiger partial charge in [-0.2, -0.15) is 0 Å². The monoisotopic (exact) mass is 236 g/mol. The van der Waals surface area contributed by atoms with Crippen LogP contribution in [-0.2, 0) is 6.42 Å². The minimum atomic E-state index is -0.980. The second-order valence-electron chi connectivity index (χ2n) is 5.56. The Bertz CT molecular complexity index is 402. The van der Waals surface area contributed by atoms with E-state index >= 15 is 0 Å². The molecule has 1 aromatic carbocycles. The van der Waals surface area contributed by atoms with E-state index in [0.717, 1.165) is 24.8 Å². The Labute approximate surface area is 102 Å². The van der Waals surface area contributed by atoms with Gasteiger partial charge in [-0.25, -0.2) is 4.79 Å². The van der Waals surface area contributed by atoms with Gasteiger partial charge < -0.3 is 10.2 Å². The topological polar surface area (TPSA) is 57.5 Å². The number of hydrogen-bond acceptors (Lipinski definition) is 2. The standard InChI is InChI=1S/C14H20O3/c1-14(2,3)8-4-5-10-6-7-11(15)9-12(10)13(16)17/h6-7,9,15H,4-5,8H2,1-3H3,(H,16,17). The maximum atomic E-state index is 11.0. The zero-order chi connectivity index (χ0) is 13.1. The Morgan fingerprint density at radius 2 is 1.94 bits per heavy atom. The number of carbonyl (C=O) groups is 1. The largest absolute Gasteiger partial charge is 0.508 e. The summed E-state index contributed by atoms with van der Waals surface area (Å²) in [6, 6.07) is 4.55. The lowest BCUT2D eigenvalue weighted by Crippen LogP contribution is -2.07. The van der Waals surface area contributed by atoms with Crippen LogP contribution in [0, 0.1) is 5.41 Å². The maximum Gasteiger partial charge on any atom is 0.336 e. The molecule has 0 heterocycles. The number of benzene rings is 1. The first-order chi connectivity index (χ1) is 7.79. The number of aromatic carboxylic acids is 1. The smallest absolute Gasteiger partial charge is 0.336 e. The molecule has 0 aliphatic carbocycles. The molecular formula is C14H20O3. The zero-order valence-corrected chi connectivity index (χ0v) is 10.7. The van der Waals surface area contributed by atoms with Gasteiger partial charge in [0.25, 0.3) is 0 Å². The lowest BCUT2D eigenvalue weighted by molar-refractivity contribution is 0.0695. The molecule has 1 rings (SSSR count). The first-order valence-electron chi connectivity index (χ1n) is 5.85. The Hall–Kier alpha value is -1.51. The number of rotatable bonds is 4. The van der Waals surface area contributed by atoms with Crippen LogP contribution in [-0.4, -0.2) is 16.2 Å². The molecule has 0 unspecified atom stereocenters. The minimum absolute atomic E-state index is 0.00183.